The fraction of sp³-hybridized carbons (Fsp3) is 0.194. The Kier molecular flexibility index (Phi) is 10.2. The van der Waals surface area contributed by atoms with Crippen LogP contribution in [0.25, 0.3) is 11.1 Å². The summed E-state index contributed by atoms with van der Waals surface area (Å²) in [6, 6.07) is 22.4. The Morgan fingerprint density at radius 2 is 1.51 bits per heavy atom. The van der Waals surface area contributed by atoms with Gasteiger partial charge in [0.1, 0.15) is 10.7 Å². The van der Waals surface area contributed by atoms with Gasteiger partial charge in [-0.05, 0) is 77.6 Å². The van der Waals surface area contributed by atoms with Gasteiger partial charge in [-0.25, -0.2) is 12.8 Å². The van der Waals surface area contributed by atoms with Crippen LogP contribution in [-0.4, -0.2) is 35.3 Å². The summed E-state index contributed by atoms with van der Waals surface area (Å²) in [5.74, 6) is -1.49. The number of Topliss-reactive ketones (excluding diaryl/α,β-unsaturated/α-hetero) is 1. The number of ketones is 1. The number of rotatable bonds is 12. The van der Waals surface area contributed by atoms with Gasteiger partial charge in [-0.1, -0.05) is 65.7 Å². The molecule has 41 heavy (non-hydrogen) atoms. The Morgan fingerprint density at radius 3 is 2.20 bits per heavy atom. The number of aromatic hydroxyl groups is 1. The minimum atomic E-state index is -4.43. The number of nitrogens with zero attached hydrogens (tertiary/aromatic N) is 1. The van der Waals surface area contributed by atoms with Gasteiger partial charge in [0.25, 0.3) is 0 Å². The summed E-state index contributed by atoms with van der Waals surface area (Å²) in [4.78, 5) is 12.3. The first-order chi connectivity index (χ1) is 19.6. The molecule has 4 aromatic rings. The van der Waals surface area contributed by atoms with E-state index in [1.807, 2.05) is 30.3 Å². The number of hydrogen-bond acceptors (Lipinski definition) is 5. The van der Waals surface area contributed by atoms with E-state index in [2.05, 4.69) is 0 Å². The molecule has 0 heterocycles. The number of phenols is 1. The molecule has 0 aliphatic rings. The third-order valence-electron chi connectivity index (χ3n) is 6.52. The van der Waals surface area contributed by atoms with Crippen molar-refractivity contribution >= 4 is 39.0 Å². The molecule has 0 aliphatic heterocycles. The fourth-order valence-electron chi connectivity index (χ4n) is 4.33. The van der Waals surface area contributed by atoms with E-state index >= 15 is 0 Å². The van der Waals surface area contributed by atoms with E-state index in [0.29, 0.717) is 29.0 Å². The van der Waals surface area contributed by atoms with E-state index in [0.717, 1.165) is 21.5 Å². The third-order valence-corrected chi connectivity index (χ3v) is 8.86. The van der Waals surface area contributed by atoms with Gasteiger partial charge in [0.05, 0.1) is 5.02 Å². The molecule has 0 saturated heterocycles. The molecule has 10 heteroatoms. The molecule has 0 aliphatic carbocycles. The predicted octanol–water partition coefficient (Wildman–Crippen LogP) is 7.24. The molecule has 0 amide bonds. The first kappa shape index (κ1) is 30.7. The largest absolute Gasteiger partial charge is 0.505 e. The van der Waals surface area contributed by atoms with E-state index in [4.69, 9.17) is 28.3 Å². The molecule has 0 aromatic heterocycles. The molecule has 0 bridgehead atoms. The van der Waals surface area contributed by atoms with Crippen LogP contribution >= 0.6 is 23.2 Å². The van der Waals surface area contributed by atoms with Crippen LogP contribution in [0.2, 0.25) is 10.0 Å². The van der Waals surface area contributed by atoms with Gasteiger partial charge in [0.15, 0.2) is 11.5 Å². The van der Waals surface area contributed by atoms with Crippen LogP contribution in [0.5, 0.6) is 5.75 Å². The summed E-state index contributed by atoms with van der Waals surface area (Å²) < 4.78 is 42.9. The minimum absolute atomic E-state index is 0.0378. The summed E-state index contributed by atoms with van der Waals surface area (Å²) in [6.45, 7) is -0.298. The lowest BCUT2D eigenvalue weighted by molar-refractivity contribution is 0.0977. The van der Waals surface area contributed by atoms with Gasteiger partial charge in [-0.15, -0.1) is 0 Å². The topological polar surface area (TPSA) is 94.9 Å². The van der Waals surface area contributed by atoms with Crippen molar-refractivity contribution in [2.45, 2.75) is 37.2 Å². The van der Waals surface area contributed by atoms with Crippen LogP contribution in [0.1, 0.15) is 40.7 Å². The monoisotopic (exact) mass is 615 g/mol. The second kappa shape index (κ2) is 13.6. The van der Waals surface area contributed by atoms with Crippen LogP contribution in [0.3, 0.4) is 0 Å². The normalized spacial score (nSPS) is 11.6. The first-order valence-electron chi connectivity index (χ1n) is 12.8. The van der Waals surface area contributed by atoms with Crippen LogP contribution < -0.4 is 0 Å². The maximum absolute atomic E-state index is 14.1. The maximum atomic E-state index is 14.1. The predicted molar refractivity (Wildman–Crippen MR) is 158 cm³/mol. The second-order valence-electron chi connectivity index (χ2n) is 9.52. The standard InChI is InChI=1S/C31H28Cl2FNO5S/c32-26-11-9-23(10-12-26)24-5-3-4-22(16-24)20-35(19-21-7-13-27(34)14-8-21)41(39,40)30-18-25(17-28(33)31(30)38)29(37)6-1-2-15-36/h3-5,7-14,16-18,36,38H,1-2,6,15,19-20H2. The number of carbonyl (C=O) groups excluding carboxylic acids is 1. The van der Waals surface area contributed by atoms with E-state index < -0.39 is 26.5 Å². The highest BCUT2D eigenvalue weighted by molar-refractivity contribution is 7.89. The summed E-state index contributed by atoms with van der Waals surface area (Å²) >= 11 is 12.2. The van der Waals surface area contributed by atoms with Crippen molar-refractivity contribution in [1.82, 2.24) is 4.31 Å². The quantitative estimate of drug-likeness (QED) is 0.129. The van der Waals surface area contributed by atoms with Crippen molar-refractivity contribution in [2.24, 2.45) is 0 Å². The van der Waals surface area contributed by atoms with E-state index in [1.165, 1.54) is 30.3 Å². The summed E-state index contributed by atoms with van der Waals surface area (Å²) in [7, 11) is -4.43. The molecule has 0 saturated carbocycles. The van der Waals surface area contributed by atoms with Gasteiger partial charge >= 0.3 is 0 Å². The zero-order valence-electron chi connectivity index (χ0n) is 21.9. The second-order valence-corrected chi connectivity index (χ2v) is 12.3. The molecule has 0 spiro atoms. The van der Waals surface area contributed by atoms with Crippen LogP contribution in [0, 0.1) is 5.82 Å². The van der Waals surface area contributed by atoms with Gasteiger partial charge in [-0.3, -0.25) is 4.79 Å². The molecular formula is C31H28Cl2FNO5S. The van der Waals surface area contributed by atoms with Crippen molar-refractivity contribution in [2.75, 3.05) is 6.61 Å². The van der Waals surface area contributed by atoms with Gasteiger partial charge in [0.2, 0.25) is 10.0 Å². The molecular weight excluding hydrogens is 588 g/mol. The Labute approximate surface area is 248 Å². The number of unbranched alkanes of at least 4 members (excludes halogenated alkanes) is 1. The molecule has 0 unspecified atom stereocenters. The van der Waals surface area contributed by atoms with Crippen molar-refractivity contribution in [1.29, 1.82) is 0 Å². The zero-order chi connectivity index (χ0) is 29.6. The Bertz CT molecular complexity index is 1630. The number of halogens is 3. The lowest BCUT2D eigenvalue weighted by atomic mass is 10.0. The van der Waals surface area contributed by atoms with Gasteiger partial charge < -0.3 is 10.2 Å². The molecule has 4 rings (SSSR count). The van der Waals surface area contributed by atoms with Crippen LogP contribution in [-0.2, 0) is 23.1 Å². The zero-order valence-corrected chi connectivity index (χ0v) is 24.3. The van der Waals surface area contributed by atoms with Gasteiger partial charge in [-0.2, -0.15) is 4.31 Å². The van der Waals surface area contributed by atoms with Crippen LogP contribution in [0.4, 0.5) is 4.39 Å². The third kappa shape index (κ3) is 7.72. The highest BCUT2D eigenvalue weighted by atomic mass is 35.5. The number of sulfonamides is 1. The molecule has 2 N–H and O–H groups in total. The number of benzene rings is 4. The van der Waals surface area contributed by atoms with E-state index in [-0.39, 0.29) is 42.5 Å². The van der Waals surface area contributed by atoms with Gasteiger partial charge in [0, 0.05) is 36.7 Å². The molecule has 0 atom stereocenters. The van der Waals surface area contributed by atoms with Crippen molar-refractivity contribution in [3.63, 3.8) is 0 Å². The van der Waals surface area contributed by atoms with Crippen LogP contribution in [0.15, 0.2) is 89.8 Å². The first-order valence-corrected chi connectivity index (χ1v) is 15.0. The number of aliphatic hydroxyl groups excluding tert-OH is 1. The summed E-state index contributed by atoms with van der Waals surface area (Å²) in [5.41, 5.74) is 2.95. The van der Waals surface area contributed by atoms with Crippen molar-refractivity contribution in [3.05, 3.63) is 117 Å². The number of aliphatic hydroxyl groups is 1. The van der Waals surface area contributed by atoms with Crippen molar-refractivity contribution < 1.29 is 27.8 Å². The van der Waals surface area contributed by atoms with E-state index in [9.17, 15) is 22.7 Å². The lowest BCUT2D eigenvalue weighted by Gasteiger charge is -2.24. The summed E-state index contributed by atoms with van der Waals surface area (Å²) in [6.07, 6.45) is 0.914. The molecule has 0 fully saturated rings. The highest BCUT2D eigenvalue weighted by Gasteiger charge is 2.30. The molecule has 214 valence electrons. The minimum Gasteiger partial charge on any atom is -0.505 e. The Morgan fingerprint density at radius 1 is 0.829 bits per heavy atom. The number of hydrogen-bond donors (Lipinski definition) is 2. The average molecular weight is 617 g/mol. The smallest absolute Gasteiger partial charge is 0.247 e. The fourth-order valence-corrected chi connectivity index (χ4v) is 6.27. The SMILES string of the molecule is O=C(CCCCO)c1cc(Cl)c(O)c(S(=O)(=O)N(Cc2ccc(F)cc2)Cc2cccc(-c3ccc(Cl)cc3)c2)c1. The maximum Gasteiger partial charge on any atom is 0.247 e. The summed E-state index contributed by atoms with van der Waals surface area (Å²) in [5, 5.41) is 20.1. The number of carbonyl (C=O) groups is 1. The number of phenolic OH excluding ortho intramolecular Hbond substituents is 1. The molecule has 4 aromatic carbocycles. The van der Waals surface area contributed by atoms with Crippen molar-refractivity contribution in [3.8, 4) is 16.9 Å². The van der Waals surface area contributed by atoms with E-state index in [1.54, 1.807) is 18.2 Å². The lowest BCUT2D eigenvalue weighted by Crippen LogP contribution is -2.30. The molecule has 0 radical (unpaired) electrons. The molecule has 6 nitrogen and oxygen atoms in total. The Balaban J connectivity index is 1.74. The highest BCUT2D eigenvalue weighted by Crippen LogP contribution is 2.36. The Hall–Kier alpha value is -3.27. The average Bonchev–Trinajstić information content (AvgIpc) is 2.95.